The van der Waals surface area contributed by atoms with E-state index in [4.69, 9.17) is 0 Å². The molecule has 0 saturated heterocycles. The summed E-state index contributed by atoms with van der Waals surface area (Å²) in [5, 5.41) is 3.45. The summed E-state index contributed by atoms with van der Waals surface area (Å²) in [5.41, 5.74) is 4.58. The van der Waals surface area contributed by atoms with Crippen molar-refractivity contribution in [3.05, 3.63) is 81.9 Å². The first kappa shape index (κ1) is 19.5. The third-order valence-electron chi connectivity index (χ3n) is 5.62. The average Bonchev–Trinajstić information content (AvgIpc) is 3.03. The molecule has 0 aromatic heterocycles. The van der Waals surface area contributed by atoms with Crippen molar-refractivity contribution in [1.82, 2.24) is 5.32 Å². The number of halogens is 2. The van der Waals surface area contributed by atoms with Gasteiger partial charge >= 0.3 is 5.97 Å². The van der Waals surface area contributed by atoms with Crippen LogP contribution < -0.4 is 5.32 Å². The van der Waals surface area contributed by atoms with Gasteiger partial charge in [0.2, 0.25) is 0 Å². The summed E-state index contributed by atoms with van der Waals surface area (Å²) in [6.45, 7) is 4.10. The zero-order valence-corrected chi connectivity index (χ0v) is 16.7. The van der Waals surface area contributed by atoms with Gasteiger partial charge in [-0.15, -0.1) is 0 Å². The van der Waals surface area contributed by atoms with Crippen molar-refractivity contribution >= 4 is 17.6 Å². The maximum Gasteiger partial charge on any atom is 0.330 e. The van der Waals surface area contributed by atoms with Gasteiger partial charge in [0.05, 0.1) is 13.2 Å². The first-order chi connectivity index (χ1) is 13.8. The van der Waals surface area contributed by atoms with Crippen LogP contribution in [0.2, 0.25) is 0 Å². The first-order valence-corrected chi connectivity index (χ1v) is 9.62. The molecule has 150 valence electrons. The minimum atomic E-state index is -0.632. The Balaban J connectivity index is 1.77. The smallest absolute Gasteiger partial charge is 0.330 e. The SMILES string of the molecule is COC(=O)/C=C/c1cc(F)c(C2NC(C)(C)CC3=C2Cc2ccccc23)c(F)c1. The molecule has 2 aliphatic rings. The lowest BCUT2D eigenvalue weighted by Gasteiger charge is -2.39. The maximum atomic E-state index is 15.1. The molecular weight excluding hydrogens is 372 g/mol. The molecule has 1 atom stereocenters. The van der Waals surface area contributed by atoms with E-state index in [-0.39, 0.29) is 16.7 Å². The zero-order chi connectivity index (χ0) is 20.8. The van der Waals surface area contributed by atoms with Crippen molar-refractivity contribution in [3.8, 4) is 0 Å². The molecule has 0 fully saturated rings. The number of methoxy groups -OCH3 is 1. The van der Waals surface area contributed by atoms with E-state index in [9.17, 15) is 4.79 Å². The number of hydrogen-bond donors (Lipinski definition) is 1. The highest BCUT2D eigenvalue weighted by Gasteiger charge is 2.40. The van der Waals surface area contributed by atoms with Crippen LogP contribution in [0.15, 0.2) is 48.0 Å². The van der Waals surface area contributed by atoms with Crippen LogP contribution in [0.3, 0.4) is 0 Å². The number of benzene rings is 2. The second-order valence-electron chi connectivity index (χ2n) is 8.23. The van der Waals surface area contributed by atoms with Gasteiger partial charge in [0, 0.05) is 17.2 Å². The second kappa shape index (κ2) is 7.23. The van der Waals surface area contributed by atoms with Gasteiger partial charge in [-0.3, -0.25) is 0 Å². The van der Waals surface area contributed by atoms with Crippen LogP contribution in [-0.4, -0.2) is 18.6 Å². The van der Waals surface area contributed by atoms with E-state index >= 15 is 8.78 Å². The molecule has 0 amide bonds. The molecule has 1 heterocycles. The zero-order valence-electron chi connectivity index (χ0n) is 16.7. The summed E-state index contributed by atoms with van der Waals surface area (Å²) in [5.74, 6) is -1.84. The molecule has 29 heavy (non-hydrogen) atoms. The summed E-state index contributed by atoms with van der Waals surface area (Å²) >= 11 is 0. The topological polar surface area (TPSA) is 38.3 Å². The van der Waals surface area contributed by atoms with Gasteiger partial charge in [-0.25, -0.2) is 13.6 Å². The van der Waals surface area contributed by atoms with E-state index in [2.05, 4.69) is 22.2 Å². The summed E-state index contributed by atoms with van der Waals surface area (Å²) in [6, 6.07) is 10.1. The molecule has 4 rings (SSSR count). The number of rotatable bonds is 3. The molecule has 0 spiro atoms. The lowest BCUT2D eigenvalue weighted by molar-refractivity contribution is -0.134. The fourth-order valence-electron chi connectivity index (χ4n) is 4.36. The Morgan fingerprint density at radius 1 is 1.21 bits per heavy atom. The van der Waals surface area contributed by atoms with Gasteiger partial charge in [0.1, 0.15) is 11.6 Å². The Hall–Kier alpha value is -2.79. The highest BCUT2D eigenvalue weighted by atomic mass is 19.1. The van der Waals surface area contributed by atoms with Gasteiger partial charge in [-0.1, -0.05) is 24.3 Å². The second-order valence-corrected chi connectivity index (χ2v) is 8.23. The van der Waals surface area contributed by atoms with Crippen LogP contribution in [0.4, 0.5) is 8.78 Å². The molecular formula is C24H23F2NO2. The molecule has 1 aliphatic carbocycles. The van der Waals surface area contributed by atoms with Crippen molar-refractivity contribution < 1.29 is 18.3 Å². The van der Waals surface area contributed by atoms with Gasteiger partial charge in [-0.05, 0) is 72.7 Å². The lowest BCUT2D eigenvalue weighted by atomic mass is 9.81. The van der Waals surface area contributed by atoms with Gasteiger partial charge < -0.3 is 10.1 Å². The highest BCUT2D eigenvalue weighted by molar-refractivity contribution is 5.87. The van der Waals surface area contributed by atoms with Crippen LogP contribution in [0.25, 0.3) is 11.6 Å². The molecule has 2 aromatic rings. The molecule has 1 unspecified atom stereocenters. The number of ether oxygens (including phenoxy) is 1. The Labute approximate surface area is 169 Å². The number of nitrogens with one attached hydrogen (secondary N) is 1. The third-order valence-corrected chi connectivity index (χ3v) is 5.62. The maximum absolute atomic E-state index is 15.1. The summed E-state index contributed by atoms with van der Waals surface area (Å²) in [6.07, 6.45) is 3.97. The van der Waals surface area contributed by atoms with Crippen molar-refractivity contribution in [2.75, 3.05) is 7.11 Å². The Morgan fingerprint density at radius 2 is 1.90 bits per heavy atom. The highest BCUT2D eigenvalue weighted by Crippen LogP contribution is 2.47. The standard InChI is InChI=1S/C24H23F2NO2/c1-24(2)13-18-16-7-5-4-6-15(16)12-17(18)23(27-24)22-19(25)10-14(11-20(22)26)8-9-21(28)29-3/h4-11,23,27H,12-13H2,1-3H3/b9-8+. The molecule has 1 aliphatic heterocycles. The molecule has 0 radical (unpaired) electrons. The minimum Gasteiger partial charge on any atom is -0.466 e. The van der Waals surface area contributed by atoms with Crippen LogP contribution >= 0.6 is 0 Å². The van der Waals surface area contributed by atoms with E-state index in [1.807, 2.05) is 26.0 Å². The first-order valence-electron chi connectivity index (χ1n) is 9.62. The molecule has 3 nitrogen and oxygen atoms in total. The molecule has 5 heteroatoms. The molecule has 2 aromatic carbocycles. The normalized spacial score (nSPS) is 20.0. The number of carbonyl (C=O) groups is 1. The molecule has 0 bridgehead atoms. The van der Waals surface area contributed by atoms with Crippen molar-refractivity contribution in [3.63, 3.8) is 0 Å². The van der Waals surface area contributed by atoms with Crippen molar-refractivity contribution in [1.29, 1.82) is 0 Å². The molecule has 0 saturated carbocycles. The van der Waals surface area contributed by atoms with E-state index in [1.165, 1.54) is 42.0 Å². The predicted octanol–water partition coefficient (Wildman–Crippen LogP) is 4.97. The molecule has 1 N–H and O–H groups in total. The average molecular weight is 395 g/mol. The number of hydrogen-bond acceptors (Lipinski definition) is 3. The summed E-state index contributed by atoms with van der Waals surface area (Å²) < 4.78 is 34.7. The van der Waals surface area contributed by atoms with Crippen LogP contribution in [-0.2, 0) is 16.0 Å². The summed E-state index contributed by atoms with van der Waals surface area (Å²) in [4.78, 5) is 11.3. The number of fused-ring (bicyclic) bond motifs is 2. The Morgan fingerprint density at radius 3 is 2.59 bits per heavy atom. The lowest BCUT2D eigenvalue weighted by Crippen LogP contribution is -2.46. The summed E-state index contributed by atoms with van der Waals surface area (Å²) in [7, 11) is 1.25. The predicted molar refractivity (Wildman–Crippen MR) is 109 cm³/mol. The Kier molecular flexibility index (Phi) is 4.87. The van der Waals surface area contributed by atoms with E-state index in [0.29, 0.717) is 6.42 Å². The fraction of sp³-hybridized carbons (Fsp3) is 0.292. The van der Waals surface area contributed by atoms with E-state index in [0.717, 1.165) is 18.1 Å². The van der Waals surface area contributed by atoms with Crippen LogP contribution in [0.5, 0.6) is 0 Å². The van der Waals surface area contributed by atoms with Crippen LogP contribution in [0, 0.1) is 11.6 Å². The van der Waals surface area contributed by atoms with E-state index < -0.39 is 23.6 Å². The van der Waals surface area contributed by atoms with Gasteiger partial charge in [0.25, 0.3) is 0 Å². The van der Waals surface area contributed by atoms with Gasteiger partial charge in [-0.2, -0.15) is 0 Å². The third kappa shape index (κ3) is 3.62. The van der Waals surface area contributed by atoms with Crippen molar-refractivity contribution in [2.24, 2.45) is 0 Å². The number of esters is 1. The number of carbonyl (C=O) groups excluding carboxylic acids is 1. The largest absolute Gasteiger partial charge is 0.466 e. The minimum absolute atomic E-state index is 0.0216. The quantitative estimate of drug-likeness (QED) is 0.589. The van der Waals surface area contributed by atoms with Gasteiger partial charge in [0.15, 0.2) is 0 Å². The Bertz CT molecular complexity index is 1030. The monoisotopic (exact) mass is 395 g/mol. The van der Waals surface area contributed by atoms with E-state index in [1.54, 1.807) is 0 Å². The van der Waals surface area contributed by atoms with Crippen molar-refractivity contribution in [2.45, 2.75) is 38.3 Å². The van der Waals surface area contributed by atoms with Crippen LogP contribution in [0.1, 0.15) is 48.6 Å². The fourth-order valence-corrected chi connectivity index (χ4v) is 4.36.